The van der Waals surface area contributed by atoms with Gasteiger partial charge in [-0.2, -0.15) is 0 Å². The van der Waals surface area contributed by atoms with Crippen LogP contribution in [0, 0.1) is 5.82 Å². The molecule has 4 amide bonds. The number of nitrogens with zero attached hydrogens (tertiary/aromatic N) is 1. The lowest BCUT2D eigenvalue weighted by atomic mass is 10.1. The molecule has 1 fully saturated rings. The highest BCUT2D eigenvalue weighted by Crippen LogP contribution is 2.36. The van der Waals surface area contributed by atoms with Crippen LogP contribution in [0.3, 0.4) is 0 Å². The zero-order valence-corrected chi connectivity index (χ0v) is 16.1. The summed E-state index contributed by atoms with van der Waals surface area (Å²) in [6.07, 6.45) is 1.29. The molecule has 0 bridgehead atoms. The fourth-order valence-electron chi connectivity index (χ4n) is 2.61. The molecule has 144 valence electrons. The van der Waals surface area contributed by atoms with Crippen LogP contribution in [0.25, 0.3) is 6.08 Å². The summed E-state index contributed by atoms with van der Waals surface area (Å²) in [5.41, 5.74) is 0.658. The minimum absolute atomic E-state index is 0.127. The molecule has 0 radical (unpaired) electrons. The van der Waals surface area contributed by atoms with Gasteiger partial charge in [0.2, 0.25) is 0 Å². The highest BCUT2D eigenvalue weighted by molar-refractivity contribution is 9.10. The first-order chi connectivity index (χ1) is 13.3. The number of phenolic OH excluding ortho intramolecular Hbond substituents is 1. The molecule has 9 heteroatoms. The van der Waals surface area contributed by atoms with Crippen LogP contribution in [0.4, 0.5) is 9.18 Å². The van der Waals surface area contributed by atoms with Crippen molar-refractivity contribution in [2.45, 2.75) is 6.54 Å². The van der Waals surface area contributed by atoms with Crippen molar-refractivity contribution in [3.63, 3.8) is 0 Å². The molecule has 7 nitrogen and oxygen atoms in total. The highest BCUT2D eigenvalue weighted by atomic mass is 79.9. The van der Waals surface area contributed by atoms with Crippen LogP contribution in [0.15, 0.2) is 46.4 Å². The second kappa shape index (κ2) is 7.81. The van der Waals surface area contributed by atoms with Gasteiger partial charge in [-0.05, 0) is 57.4 Å². The number of rotatable bonds is 4. The number of hydrogen-bond acceptors (Lipinski definition) is 5. The number of benzene rings is 2. The summed E-state index contributed by atoms with van der Waals surface area (Å²) >= 11 is 3.16. The van der Waals surface area contributed by atoms with E-state index in [-0.39, 0.29) is 23.6 Å². The van der Waals surface area contributed by atoms with Crippen molar-refractivity contribution in [2.75, 3.05) is 7.11 Å². The average Bonchev–Trinajstić information content (AvgIpc) is 2.66. The van der Waals surface area contributed by atoms with Crippen LogP contribution >= 0.6 is 15.9 Å². The SMILES string of the molecule is COc1cc(/C=C2\C(=O)NC(=O)N(Cc3ccc(F)cc3)C2=O)cc(Br)c1O. The number of carbonyl (C=O) groups is 3. The Bertz CT molecular complexity index is 1000. The molecular formula is C19H14BrFN2O5. The van der Waals surface area contributed by atoms with Crippen LogP contribution in [0.1, 0.15) is 11.1 Å². The minimum atomic E-state index is -0.860. The van der Waals surface area contributed by atoms with E-state index in [4.69, 9.17) is 4.74 Å². The molecule has 0 saturated carbocycles. The largest absolute Gasteiger partial charge is 0.503 e. The number of nitrogens with one attached hydrogen (secondary N) is 1. The smallest absolute Gasteiger partial charge is 0.331 e. The molecule has 0 atom stereocenters. The molecule has 3 rings (SSSR count). The summed E-state index contributed by atoms with van der Waals surface area (Å²) in [5, 5.41) is 12.0. The van der Waals surface area contributed by atoms with Crippen molar-refractivity contribution >= 4 is 39.9 Å². The molecule has 1 aliphatic rings. The van der Waals surface area contributed by atoms with Gasteiger partial charge in [0, 0.05) is 0 Å². The molecule has 0 spiro atoms. The number of amides is 4. The van der Waals surface area contributed by atoms with E-state index >= 15 is 0 Å². The van der Waals surface area contributed by atoms with Gasteiger partial charge in [0.25, 0.3) is 11.8 Å². The molecule has 2 aromatic rings. The van der Waals surface area contributed by atoms with Crippen LogP contribution in [-0.4, -0.2) is 35.0 Å². The van der Waals surface area contributed by atoms with Gasteiger partial charge < -0.3 is 9.84 Å². The number of methoxy groups -OCH3 is 1. The Balaban J connectivity index is 1.94. The van der Waals surface area contributed by atoms with E-state index < -0.39 is 23.7 Å². The van der Waals surface area contributed by atoms with Crippen molar-refractivity contribution in [1.82, 2.24) is 10.2 Å². The Morgan fingerprint density at radius 3 is 2.54 bits per heavy atom. The summed E-state index contributed by atoms with van der Waals surface area (Å²) in [6, 6.07) is 7.38. The van der Waals surface area contributed by atoms with Gasteiger partial charge in [0.15, 0.2) is 11.5 Å². The second-order valence-electron chi connectivity index (χ2n) is 5.89. The fourth-order valence-corrected chi connectivity index (χ4v) is 3.07. The van der Waals surface area contributed by atoms with Crippen LogP contribution in [0.5, 0.6) is 11.5 Å². The van der Waals surface area contributed by atoms with Crippen LogP contribution in [-0.2, 0) is 16.1 Å². The third kappa shape index (κ3) is 3.89. The number of aromatic hydroxyl groups is 1. The van der Waals surface area contributed by atoms with E-state index in [9.17, 15) is 23.9 Å². The number of halogens is 2. The summed E-state index contributed by atoms with van der Waals surface area (Å²) in [5.74, 6) is -2.06. The zero-order chi connectivity index (χ0) is 20.4. The van der Waals surface area contributed by atoms with E-state index in [1.807, 2.05) is 0 Å². The number of urea groups is 1. The topological polar surface area (TPSA) is 95.9 Å². The van der Waals surface area contributed by atoms with Crippen molar-refractivity contribution in [1.29, 1.82) is 0 Å². The summed E-state index contributed by atoms with van der Waals surface area (Å²) < 4.78 is 18.4. The van der Waals surface area contributed by atoms with E-state index in [2.05, 4.69) is 21.2 Å². The van der Waals surface area contributed by atoms with E-state index in [0.717, 1.165) is 4.90 Å². The molecule has 1 heterocycles. The second-order valence-corrected chi connectivity index (χ2v) is 6.74. The maximum atomic E-state index is 13.1. The van der Waals surface area contributed by atoms with Gasteiger partial charge in [-0.1, -0.05) is 12.1 Å². The van der Waals surface area contributed by atoms with Gasteiger partial charge in [-0.15, -0.1) is 0 Å². The predicted molar refractivity (Wildman–Crippen MR) is 101 cm³/mol. The highest BCUT2D eigenvalue weighted by Gasteiger charge is 2.35. The average molecular weight is 449 g/mol. The quantitative estimate of drug-likeness (QED) is 0.553. The zero-order valence-electron chi connectivity index (χ0n) is 14.5. The Labute approximate surface area is 167 Å². The molecule has 2 N–H and O–H groups in total. The Morgan fingerprint density at radius 2 is 1.89 bits per heavy atom. The molecule has 28 heavy (non-hydrogen) atoms. The van der Waals surface area contributed by atoms with Crippen molar-refractivity contribution in [2.24, 2.45) is 0 Å². The number of phenols is 1. The number of imide groups is 2. The normalized spacial score (nSPS) is 15.8. The van der Waals surface area contributed by atoms with E-state index in [1.54, 1.807) is 0 Å². The summed E-state index contributed by atoms with van der Waals surface area (Å²) in [7, 11) is 1.36. The fraction of sp³-hybridized carbons (Fsp3) is 0.105. The molecule has 0 aromatic heterocycles. The Hall–Kier alpha value is -3.20. The van der Waals surface area contributed by atoms with E-state index in [0.29, 0.717) is 15.6 Å². The van der Waals surface area contributed by atoms with Crippen molar-refractivity contribution in [3.05, 3.63) is 63.4 Å². The van der Waals surface area contributed by atoms with Crippen molar-refractivity contribution in [3.8, 4) is 11.5 Å². The molecule has 1 aliphatic heterocycles. The van der Waals surface area contributed by atoms with Gasteiger partial charge in [-0.25, -0.2) is 9.18 Å². The lowest BCUT2D eigenvalue weighted by Gasteiger charge is -2.26. The van der Waals surface area contributed by atoms with E-state index in [1.165, 1.54) is 49.6 Å². The van der Waals surface area contributed by atoms with Crippen molar-refractivity contribution < 1.29 is 28.6 Å². The monoisotopic (exact) mass is 448 g/mol. The predicted octanol–water partition coefficient (Wildman–Crippen LogP) is 2.96. The lowest BCUT2D eigenvalue weighted by molar-refractivity contribution is -0.130. The standard InChI is InChI=1S/C19H14BrFN2O5/c1-28-15-8-11(7-14(20)16(15)24)6-13-17(25)22-19(27)23(18(13)26)9-10-2-4-12(21)5-3-10/h2-8,24H,9H2,1H3,(H,22,25,27)/b13-6+. The third-order valence-corrected chi connectivity index (χ3v) is 4.63. The Morgan fingerprint density at radius 1 is 1.21 bits per heavy atom. The molecule has 0 aliphatic carbocycles. The maximum Gasteiger partial charge on any atom is 0.331 e. The molecule has 2 aromatic carbocycles. The summed E-state index contributed by atoms with van der Waals surface area (Å²) in [6.45, 7) is -0.127. The van der Waals surface area contributed by atoms with Gasteiger partial charge in [0.05, 0.1) is 18.1 Å². The van der Waals surface area contributed by atoms with Crippen LogP contribution < -0.4 is 10.1 Å². The number of barbiturate groups is 1. The molecule has 1 saturated heterocycles. The van der Waals surface area contributed by atoms with Gasteiger partial charge in [-0.3, -0.25) is 19.8 Å². The number of ether oxygens (including phenoxy) is 1. The Kier molecular flexibility index (Phi) is 5.46. The molecule has 0 unspecified atom stereocenters. The first kappa shape index (κ1) is 19.6. The lowest BCUT2D eigenvalue weighted by Crippen LogP contribution is -2.53. The number of carbonyl (C=O) groups excluding carboxylic acids is 3. The first-order valence-corrected chi connectivity index (χ1v) is 8.79. The maximum absolute atomic E-state index is 13.1. The molecular weight excluding hydrogens is 435 g/mol. The summed E-state index contributed by atoms with van der Waals surface area (Å²) in [4.78, 5) is 37.9. The first-order valence-electron chi connectivity index (χ1n) is 8.00. The third-order valence-electron chi connectivity index (χ3n) is 4.02. The van der Waals surface area contributed by atoms with Gasteiger partial charge in [0.1, 0.15) is 11.4 Å². The minimum Gasteiger partial charge on any atom is -0.503 e. The van der Waals surface area contributed by atoms with Crippen LogP contribution in [0.2, 0.25) is 0 Å². The number of hydrogen-bond donors (Lipinski definition) is 2. The van der Waals surface area contributed by atoms with Gasteiger partial charge >= 0.3 is 6.03 Å².